The van der Waals surface area contributed by atoms with Crippen molar-refractivity contribution >= 4 is 11.9 Å². The predicted octanol–water partition coefficient (Wildman–Crippen LogP) is 5.78. The third kappa shape index (κ3) is 7.46. The number of carbonyl (C=O) groups is 2. The summed E-state index contributed by atoms with van der Waals surface area (Å²) in [5, 5.41) is 0. The molecule has 1 saturated carbocycles. The van der Waals surface area contributed by atoms with Crippen molar-refractivity contribution in [1.82, 2.24) is 0 Å². The van der Waals surface area contributed by atoms with Crippen LogP contribution in [0.25, 0.3) is 0 Å². The second-order valence-electron chi connectivity index (χ2n) is 11.2. The van der Waals surface area contributed by atoms with Crippen LogP contribution in [0.15, 0.2) is 0 Å². The van der Waals surface area contributed by atoms with E-state index in [0.717, 1.165) is 32.1 Å². The summed E-state index contributed by atoms with van der Waals surface area (Å²) in [6.07, 6.45) is 5.24. The number of rotatable bonds is 8. The van der Waals surface area contributed by atoms with Gasteiger partial charge in [0.1, 0.15) is 0 Å². The van der Waals surface area contributed by atoms with Gasteiger partial charge in [-0.1, -0.05) is 68.2 Å². The van der Waals surface area contributed by atoms with E-state index in [2.05, 4.69) is 13.8 Å². The molecule has 0 radical (unpaired) electrons. The van der Waals surface area contributed by atoms with Gasteiger partial charge in [0.25, 0.3) is 0 Å². The highest BCUT2D eigenvalue weighted by Crippen LogP contribution is 2.46. The van der Waals surface area contributed by atoms with Gasteiger partial charge in [-0.15, -0.1) is 0 Å². The smallest absolute Gasteiger partial charge is 0.323 e. The standard InChI is InChI=1S/C23H42O4/c1-17(2)13-14-23(18-11-9-10-12-18,19(24)26-15-21(3,4)5)20(25)27-16-22(6,7)8/h17-18H,9-16H2,1-8H3. The van der Waals surface area contributed by atoms with Crippen LogP contribution in [0.2, 0.25) is 0 Å². The zero-order valence-corrected chi connectivity index (χ0v) is 18.9. The first kappa shape index (κ1) is 24.0. The van der Waals surface area contributed by atoms with Crippen molar-refractivity contribution in [2.45, 2.75) is 93.9 Å². The van der Waals surface area contributed by atoms with Crippen LogP contribution in [0.4, 0.5) is 0 Å². The molecule has 0 N–H and O–H groups in total. The molecule has 0 aromatic rings. The first-order valence-corrected chi connectivity index (χ1v) is 10.6. The lowest BCUT2D eigenvalue weighted by molar-refractivity contribution is -0.181. The Morgan fingerprint density at radius 3 is 1.59 bits per heavy atom. The van der Waals surface area contributed by atoms with Gasteiger partial charge in [0, 0.05) is 0 Å². The molecule has 0 unspecified atom stereocenters. The van der Waals surface area contributed by atoms with Crippen LogP contribution in [0.3, 0.4) is 0 Å². The average Bonchev–Trinajstić information content (AvgIpc) is 3.04. The van der Waals surface area contributed by atoms with E-state index in [9.17, 15) is 9.59 Å². The van der Waals surface area contributed by atoms with Gasteiger partial charge in [-0.3, -0.25) is 9.59 Å². The summed E-state index contributed by atoms with van der Waals surface area (Å²) in [7, 11) is 0. The largest absolute Gasteiger partial charge is 0.464 e. The third-order valence-corrected chi connectivity index (χ3v) is 5.17. The molecule has 0 aromatic heterocycles. The lowest BCUT2D eigenvalue weighted by atomic mass is 9.70. The van der Waals surface area contributed by atoms with Crippen molar-refractivity contribution < 1.29 is 19.1 Å². The Bertz CT molecular complexity index is 457. The molecule has 0 bridgehead atoms. The monoisotopic (exact) mass is 382 g/mol. The third-order valence-electron chi connectivity index (χ3n) is 5.17. The van der Waals surface area contributed by atoms with Crippen molar-refractivity contribution in [3.05, 3.63) is 0 Å². The van der Waals surface area contributed by atoms with Gasteiger partial charge in [0.15, 0.2) is 5.41 Å². The average molecular weight is 383 g/mol. The van der Waals surface area contributed by atoms with E-state index in [4.69, 9.17) is 9.47 Å². The molecule has 1 aliphatic rings. The number of ether oxygens (including phenoxy) is 2. The van der Waals surface area contributed by atoms with Crippen molar-refractivity contribution in [2.24, 2.45) is 28.1 Å². The number of hydrogen-bond donors (Lipinski definition) is 0. The van der Waals surface area contributed by atoms with E-state index in [1.54, 1.807) is 0 Å². The van der Waals surface area contributed by atoms with Gasteiger partial charge < -0.3 is 9.47 Å². The summed E-state index contributed by atoms with van der Waals surface area (Å²) in [6, 6.07) is 0. The Balaban J connectivity index is 3.17. The molecule has 0 amide bonds. The zero-order chi connectivity index (χ0) is 20.9. The fourth-order valence-electron chi connectivity index (χ4n) is 3.58. The topological polar surface area (TPSA) is 52.6 Å². The van der Waals surface area contributed by atoms with Gasteiger partial charge in [0.2, 0.25) is 0 Å². The lowest BCUT2D eigenvalue weighted by Crippen LogP contribution is -2.48. The highest BCUT2D eigenvalue weighted by molar-refractivity contribution is 6.00. The van der Waals surface area contributed by atoms with Crippen molar-refractivity contribution in [3.63, 3.8) is 0 Å². The Kier molecular flexibility index (Phi) is 8.37. The van der Waals surface area contributed by atoms with Crippen LogP contribution in [-0.2, 0) is 19.1 Å². The zero-order valence-electron chi connectivity index (χ0n) is 18.9. The van der Waals surface area contributed by atoms with Gasteiger partial charge in [-0.05, 0) is 48.3 Å². The molecule has 0 spiro atoms. The molecule has 0 saturated heterocycles. The van der Waals surface area contributed by atoms with Crippen LogP contribution < -0.4 is 0 Å². The SMILES string of the molecule is CC(C)CCC(C(=O)OCC(C)(C)C)(C(=O)OCC(C)(C)C)C1CCCC1. The van der Waals surface area contributed by atoms with Crippen LogP contribution in [0, 0.1) is 28.1 Å². The second kappa shape index (κ2) is 9.43. The first-order valence-electron chi connectivity index (χ1n) is 10.6. The molecule has 0 atom stereocenters. The van der Waals surface area contributed by atoms with Crippen LogP contribution >= 0.6 is 0 Å². The molecule has 0 heterocycles. The molecular formula is C23H42O4. The quantitative estimate of drug-likeness (QED) is 0.394. The predicted molar refractivity (Wildman–Crippen MR) is 109 cm³/mol. The Morgan fingerprint density at radius 1 is 0.852 bits per heavy atom. The summed E-state index contributed by atoms with van der Waals surface area (Å²) in [6.45, 7) is 17.1. The lowest BCUT2D eigenvalue weighted by Gasteiger charge is -2.36. The van der Waals surface area contributed by atoms with Gasteiger partial charge >= 0.3 is 11.9 Å². The van der Waals surface area contributed by atoms with E-state index in [-0.39, 0.29) is 28.7 Å². The maximum Gasteiger partial charge on any atom is 0.323 e. The highest BCUT2D eigenvalue weighted by Gasteiger charge is 2.55. The summed E-state index contributed by atoms with van der Waals surface area (Å²) >= 11 is 0. The second-order valence-corrected chi connectivity index (χ2v) is 11.2. The van der Waals surface area contributed by atoms with Crippen molar-refractivity contribution in [1.29, 1.82) is 0 Å². The van der Waals surface area contributed by atoms with E-state index in [1.807, 2.05) is 41.5 Å². The molecule has 4 heteroatoms. The number of carbonyl (C=O) groups excluding carboxylic acids is 2. The molecule has 158 valence electrons. The highest BCUT2D eigenvalue weighted by atomic mass is 16.6. The fourth-order valence-corrected chi connectivity index (χ4v) is 3.58. The molecule has 0 aromatic carbocycles. The van der Waals surface area contributed by atoms with Crippen LogP contribution in [0.5, 0.6) is 0 Å². The van der Waals surface area contributed by atoms with Crippen LogP contribution in [0.1, 0.15) is 93.9 Å². The minimum absolute atomic E-state index is 0.0242. The van der Waals surface area contributed by atoms with Crippen LogP contribution in [-0.4, -0.2) is 25.2 Å². The molecular weight excluding hydrogens is 340 g/mol. The fraction of sp³-hybridized carbons (Fsp3) is 0.913. The molecule has 0 aliphatic heterocycles. The molecule has 1 aliphatic carbocycles. The minimum Gasteiger partial charge on any atom is -0.464 e. The maximum absolute atomic E-state index is 13.4. The number of hydrogen-bond acceptors (Lipinski definition) is 4. The molecule has 27 heavy (non-hydrogen) atoms. The first-order chi connectivity index (χ1) is 12.3. The normalized spacial score (nSPS) is 16.6. The van der Waals surface area contributed by atoms with Crippen molar-refractivity contribution in [2.75, 3.05) is 13.2 Å². The Hall–Kier alpha value is -1.06. The van der Waals surface area contributed by atoms with Gasteiger partial charge in [0.05, 0.1) is 13.2 Å². The van der Waals surface area contributed by atoms with E-state index >= 15 is 0 Å². The summed E-state index contributed by atoms with van der Waals surface area (Å²) in [4.78, 5) is 26.7. The summed E-state index contributed by atoms with van der Waals surface area (Å²) in [5.41, 5.74) is -1.42. The van der Waals surface area contributed by atoms with Gasteiger partial charge in [-0.2, -0.15) is 0 Å². The Morgan fingerprint density at radius 2 is 1.26 bits per heavy atom. The molecule has 1 rings (SSSR count). The Labute approximate surface area is 166 Å². The minimum atomic E-state index is -1.16. The maximum atomic E-state index is 13.4. The molecule has 1 fully saturated rings. The van der Waals surface area contributed by atoms with E-state index in [0.29, 0.717) is 25.6 Å². The summed E-state index contributed by atoms with van der Waals surface area (Å²) < 4.78 is 11.5. The van der Waals surface area contributed by atoms with E-state index in [1.165, 1.54) is 0 Å². The van der Waals surface area contributed by atoms with E-state index < -0.39 is 5.41 Å². The summed E-state index contributed by atoms with van der Waals surface area (Å²) in [5.74, 6) is -0.305. The number of esters is 2. The van der Waals surface area contributed by atoms with Gasteiger partial charge in [-0.25, -0.2) is 0 Å². The van der Waals surface area contributed by atoms with Crippen molar-refractivity contribution in [3.8, 4) is 0 Å². The molecule has 4 nitrogen and oxygen atoms in total.